The fourth-order valence-electron chi connectivity index (χ4n) is 2.36. The first-order valence-corrected chi connectivity index (χ1v) is 8.72. The molecule has 3 aromatic rings. The van der Waals surface area contributed by atoms with Crippen LogP contribution in [0, 0.1) is 6.92 Å². The zero-order valence-electron chi connectivity index (χ0n) is 13.9. The van der Waals surface area contributed by atoms with E-state index < -0.39 is 6.09 Å². The van der Waals surface area contributed by atoms with E-state index in [-0.39, 0.29) is 6.61 Å². The van der Waals surface area contributed by atoms with Crippen LogP contribution in [-0.2, 0) is 4.74 Å². The number of hydrogen-bond donors (Lipinski definition) is 1. The summed E-state index contributed by atoms with van der Waals surface area (Å²) in [6, 6.07) is 15.7. The fourth-order valence-corrected chi connectivity index (χ4v) is 3.27. The maximum absolute atomic E-state index is 11.5. The molecule has 1 aromatic heterocycles. The number of aromatic nitrogens is 1. The van der Waals surface area contributed by atoms with Crippen LogP contribution < -0.4 is 5.32 Å². The zero-order chi connectivity index (χ0) is 17.6. The molecule has 0 atom stereocenters. The summed E-state index contributed by atoms with van der Waals surface area (Å²) in [4.78, 5) is 16.3. The van der Waals surface area contributed by atoms with Gasteiger partial charge in [-0.25, -0.2) is 9.78 Å². The van der Waals surface area contributed by atoms with Crippen molar-refractivity contribution in [3.05, 3.63) is 72.1 Å². The Morgan fingerprint density at radius 2 is 2.00 bits per heavy atom. The lowest BCUT2D eigenvalue weighted by Crippen LogP contribution is -2.13. The van der Waals surface area contributed by atoms with Crippen LogP contribution in [0.1, 0.15) is 5.56 Å². The van der Waals surface area contributed by atoms with Gasteiger partial charge in [0.25, 0.3) is 0 Å². The number of benzene rings is 2. The SMILES string of the molecule is C=CCOC(=O)Nc1ccc(-c2csc(-c3ccccc3C)n2)cc1. The van der Waals surface area contributed by atoms with Crippen LogP contribution in [0.5, 0.6) is 0 Å². The number of ether oxygens (including phenoxy) is 1. The quantitative estimate of drug-likeness (QED) is 0.616. The third-order valence-corrected chi connectivity index (χ3v) is 4.51. The van der Waals surface area contributed by atoms with Crippen molar-refractivity contribution >= 4 is 23.1 Å². The summed E-state index contributed by atoms with van der Waals surface area (Å²) in [5.41, 5.74) is 4.96. The first-order valence-electron chi connectivity index (χ1n) is 7.84. The van der Waals surface area contributed by atoms with Crippen molar-refractivity contribution in [3.63, 3.8) is 0 Å². The average molecular weight is 350 g/mol. The van der Waals surface area contributed by atoms with E-state index in [1.54, 1.807) is 11.3 Å². The predicted octanol–water partition coefficient (Wildman–Crippen LogP) is 5.52. The first-order chi connectivity index (χ1) is 12.2. The van der Waals surface area contributed by atoms with Gasteiger partial charge in [0.2, 0.25) is 0 Å². The van der Waals surface area contributed by atoms with Gasteiger partial charge in [-0.15, -0.1) is 11.3 Å². The van der Waals surface area contributed by atoms with E-state index in [0.29, 0.717) is 5.69 Å². The topological polar surface area (TPSA) is 51.2 Å². The van der Waals surface area contributed by atoms with Gasteiger partial charge in [-0.05, 0) is 24.6 Å². The second kappa shape index (κ2) is 7.77. The lowest BCUT2D eigenvalue weighted by Gasteiger charge is -2.05. The summed E-state index contributed by atoms with van der Waals surface area (Å²) in [6.07, 6.45) is 1.03. The summed E-state index contributed by atoms with van der Waals surface area (Å²) in [6.45, 7) is 5.77. The van der Waals surface area contributed by atoms with E-state index in [1.165, 1.54) is 11.6 Å². The van der Waals surface area contributed by atoms with Crippen molar-refractivity contribution < 1.29 is 9.53 Å². The van der Waals surface area contributed by atoms with E-state index in [4.69, 9.17) is 9.72 Å². The Bertz CT molecular complexity index is 885. The standard InChI is InChI=1S/C20H18N2O2S/c1-3-12-24-20(23)21-16-10-8-15(9-11-16)18-13-25-19(22-18)17-7-5-4-6-14(17)2/h3-11,13H,1,12H2,2H3,(H,21,23). The number of amides is 1. The van der Waals surface area contributed by atoms with Gasteiger partial charge in [-0.3, -0.25) is 5.32 Å². The minimum absolute atomic E-state index is 0.185. The highest BCUT2D eigenvalue weighted by atomic mass is 32.1. The van der Waals surface area contributed by atoms with Gasteiger partial charge in [-0.1, -0.05) is 49.1 Å². The summed E-state index contributed by atoms with van der Waals surface area (Å²) in [7, 11) is 0. The number of hydrogen-bond acceptors (Lipinski definition) is 4. The van der Waals surface area contributed by atoms with E-state index in [0.717, 1.165) is 21.8 Å². The molecule has 0 saturated carbocycles. The molecule has 0 aliphatic carbocycles. The Labute approximate surface area is 150 Å². The maximum atomic E-state index is 11.5. The van der Waals surface area contributed by atoms with E-state index in [1.807, 2.05) is 41.8 Å². The third kappa shape index (κ3) is 4.14. The smallest absolute Gasteiger partial charge is 0.411 e. The van der Waals surface area contributed by atoms with E-state index in [2.05, 4.69) is 31.0 Å². The predicted molar refractivity (Wildman–Crippen MR) is 103 cm³/mol. The molecule has 0 spiro atoms. The molecule has 0 bridgehead atoms. The molecule has 1 amide bonds. The van der Waals surface area contributed by atoms with Gasteiger partial charge >= 0.3 is 6.09 Å². The number of anilines is 1. The lowest BCUT2D eigenvalue weighted by molar-refractivity contribution is 0.174. The molecular formula is C20H18N2O2S. The molecule has 0 fully saturated rings. The number of aryl methyl sites for hydroxylation is 1. The Hall–Kier alpha value is -2.92. The molecule has 4 nitrogen and oxygen atoms in total. The van der Waals surface area contributed by atoms with Crippen molar-refractivity contribution in [3.8, 4) is 21.8 Å². The minimum atomic E-state index is -0.497. The molecule has 5 heteroatoms. The summed E-state index contributed by atoms with van der Waals surface area (Å²) in [5, 5.41) is 5.71. The number of rotatable bonds is 5. The third-order valence-electron chi connectivity index (χ3n) is 3.64. The van der Waals surface area contributed by atoms with Crippen LogP contribution >= 0.6 is 11.3 Å². The molecule has 0 saturated heterocycles. The van der Waals surface area contributed by atoms with E-state index >= 15 is 0 Å². The number of nitrogens with zero attached hydrogens (tertiary/aromatic N) is 1. The van der Waals surface area contributed by atoms with Crippen LogP contribution in [0.2, 0.25) is 0 Å². The van der Waals surface area contributed by atoms with Gasteiger partial charge < -0.3 is 4.74 Å². The van der Waals surface area contributed by atoms with Gasteiger partial charge in [0.15, 0.2) is 0 Å². The Kier molecular flexibility index (Phi) is 5.26. The first kappa shape index (κ1) is 16.9. The second-order valence-corrected chi connectivity index (χ2v) is 6.30. The largest absolute Gasteiger partial charge is 0.445 e. The van der Waals surface area contributed by atoms with Crippen LogP contribution in [0.3, 0.4) is 0 Å². The summed E-state index contributed by atoms with van der Waals surface area (Å²) < 4.78 is 4.89. The Balaban J connectivity index is 1.74. The van der Waals surface area contributed by atoms with Crippen LogP contribution in [0.25, 0.3) is 21.8 Å². The van der Waals surface area contributed by atoms with Crippen molar-refractivity contribution in [1.29, 1.82) is 0 Å². The Morgan fingerprint density at radius 3 is 2.72 bits per heavy atom. The van der Waals surface area contributed by atoms with Crippen molar-refractivity contribution in [2.75, 3.05) is 11.9 Å². The minimum Gasteiger partial charge on any atom is -0.445 e. The number of thiazole rings is 1. The highest BCUT2D eigenvalue weighted by molar-refractivity contribution is 7.13. The van der Waals surface area contributed by atoms with Gasteiger partial charge in [-0.2, -0.15) is 0 Å². The summed E-state index contributed by atoms with van der Waals surface area (Å²) in [5.74, 6) is 0. The molecule has 0 aliphatic rings. The molecule has 1 heterocycles. The highest BCUT2D eigenvalue weighted by Crippen LogP contribution is 2.31. The van der Waals surface area contributed by atoms with Crippen LogP contribution in [-0.4, -0.2) is 17.7 Å². The lowest BCUT2D eigenvalue weighted by atomic mass is 10.1. The molecule has 0 radical (unpaired) electrons. The number of carbonyl (C=O) groups excluding carboxylic acids is 1. The molecule has 3 rings (SSSR count). The van der Waals surface area contributed by atoms with Crippen LogP contribution in [0.4, 0.5) is 10.5 Å². The maximum Gasteiger partial charge on any atom is 0.411 e. The Morgan fingerprint density at radius 1 is 1.24 bits per heavy atom. The van der Waals surface area contributed by atoms with Crippen molar-refractivity contribution in [2.45, 2.75) is 6.92 Å². The zero-order valence-corrected chi connectivity index (χ0v) is 14.7. The summed E-state index contributed by atoms with van der Waals surface area (Å²) >= 11 is 1.63. The van der Waals surface area contributed by atoms with Gasteiger partial charge in [0.1, 0.15) is 11.6 Å². The normalized spacial score (nSPS) is 10.3. The van der Waals surface area contributed by atoms with Crippen molar-refractivity contribution in [2.24, 2.45) is 0 Å². The van der Waals surface area contributed by atoms with Gasteiger partial charge in [0.05, 0.1) is 5.69 Å². The molecule has 0 unspecified atom stereocenters. The molecule has 25 heavy (non-hydrogen) atoms. The van der Waals surface area contributed by atoms with Gasteiger partial charge in [0, 0.05) is 22.2 Å². The molecule has 126 valence electrons. The monoisotopic (exact) mass is 350 g/mol. The molecular weight excluding hydrogens is 332 g/mol. The fraction of sp³-hybridized carbons (Fsp3) is 0.100. The number of carbonyl (C=O) groups is 1. The number of nitrogens with one attached hydrogen (secondary N) is 1. The molecule has 1 N–H and O–H groups in total. The molecule has 0 aliphatic heterocycles. The van der Waals surface area contributed by atoms with Crippen molar-refractivity contribution in [1.82, 2.24) is 4.98 Å². The van der Waals surface area contributed by atoms with Crippen LogP contribution in [0.15, 0.2) is 66.6 Å². The molecule has 2 aromatic carbocycles. The highest BCUT2D eigenvalue weighted by Gasteiger charge is 2.09. The average Bonchev–Trinajstić information content (AvgIpc) is 3.11. The van der Waals surface area contributed by atoms with E-state index in [9.17, 15) is 4.79 Å². The second-order valence-electron chi connectivity index (χ2n) is 5.44.